The first kappa shape index (κ1) is 9.14. The quantitative estimate of drug-likeness (QED) is 0.809. The van der Waals surface area contributed by atoms with Crippen LogP contribution in [0, 0.1) is 11.9 Å². The Hall–Kier alpha value is -1.43. The molecule has 0 bridgehead atoms. The largest absolute Gasteiger partial charge is 0.364 e. The highest BCUT2D eigenvalue weighted by Crippen LogP contribution is 2.25. The highest BCUT2D eigenvalue weighted by atomic mass is 79.9. The average Bonchev–Trinajstić information content (AvgIpc) is 2.58. The number of nitrogens with zero attached hydrogens (tertiary/aromatic N) is 1. The Morgan fingerprint density at radius 2 is 2.43 bits per heavy atom. The summed E-state index contributed by atoms with van der Waals surface area (Å²) in [5.74, 6) is -1.38. The Kier molecular flexibility index (Phi) is 1.99. The van der Waals surface area contributed by atoms with E-state index in [1.54, 1.807) is 0 Å². The van der Waals surface area contributed by atoms with Crippen molar-refractivity contribution in [3.8, 4) is 0 Å². The van der Waals surface area contributed by atoms with Gasteiger partial charge in [0.15, 0.2) is 5.82 Å². The van der Waals surface area contributed by atoms with Gasteiger partial charge < -0.3 is 10.7 Å². The molecule has 0 spiro atoms. The summed E-state index contributed by atoms with van der Waals surface area (Å²) in [5, 5.41) is 0.196. The minimum Gasteiger partial charge on any atom is -0.364 e. The number of nitrogens with one attached hydrogen (secondary N) is 1. The maximum atomic E-state index is 13.5. The minimum atomic E-state index is -0.785. The summed E-state index contributed by atoms with van der Waals surface area (Å²) in [6.45, 7) is 0. The Morgan fingerprint density at radius 3 is 3.07 bits per heavy atom. The summed E-state index contributed by atoms with van der Waals surface area (Å²) in [6, 6.07) is 2.62. The molecule has 1 radical (unpaired) electrons. The number of halogens is 2. The zero-order chi connectivity index (χ0) is 10.3. The number of hydrogen-bond donors (Lipinski definition) is 2. The third kappa shape index (κ3) is 1.19. The molecule has 0 fully saturated rings. The van der Waals surface area contributed by atoms with Crippen molar-refractivity contribution in [1.29, 1.82) is 0 Å². The second-order valence-corrected chi connectivity index (χ2v) is 3.40. The molecule has 2 aromatic rings. The zero-order valence-corrected chi connectivity index (χ0v) is 8.35. The van der Waals surface area contributed by atoms with Gasteiger partial charge >= 0.3 is 0 Å². The fourth-order valence-corrected chi connectivity index (χ4v) is 1.59. The third-order valence-corrected chi connectivity index (χ3v) is 2.46. The van der Waals surface area contributed by atoms with Crippen LogP contribution in [-0.4, -0.2) is 15.9 Å². The number of primary amides is 1. The maximum Gasteiger partial charge on any atom is 0.268 e. The van der Waals surface area contributed by atoms with Crippen LogP contribution in [-0.2, 0) is 0 Å². The lowest BCUT2D eigenvalue weighted by atomic mass is 10.2. The van der Waals surface area contributed by atoms with Crippen LogP contribution in [0.4, 0.5) is 4.39 Å². The monoisotopic (exact) mass is 256 g/mol. The number of carbonyl (C=O) groups is 1. The molecule has 0 unspecified atom stereocenters. The molecule has 0 atom stereocenters. The van der Waals surface area contributed by atoms with Crippen LogP contribution in [0.5, 0.6) is 0 Å². The number of hydrogen-bond acceptors (Lipinski definition) is 2. The fraction of sp³-hybridized carbons (Fsp3) is 0. The number of fused-ring (bicyclic) bond motifs is 1. The van der Waals surface area contributed by atoms with Gasteiger partial charge in [0.2, 0.25) is 0 Å². The SMILES string of the molecule is NC(=O)c1nc2[nH]c[c]c2c(F)c1Br. The van der Waals surface area contributed by atoms with Crippen LogP contribution in [0.25, 0.3) is 11.0 Å². The van der Waals surface area contributed by atoms with Gasteiger partial charge in [0.1, 0.15) is 11.3 Å². The van der Waals surface area contributed by atoms with Gasteiger partial charge in [0.05, 0.1) is 9.86 Å². The first-order valence-corrected chi connectivity index (χ1v) is 4.44. The lowest BCUT2D eigenvalue weighted by Crippen LogP contribution is -2.14. The second kappa shape index (κ2) is 3.06. The number of nitrogens with two attached hydrogens (primary N) is 1. The van der Waals surface area contributed by atoms with E-state index in [9.17, 15) is 9.18 Å². The molecular formula is C8H4BrFN3O. The van der Waals surface area contributed by atoms with E-state index in [0.717, 1.165) is 0 Å². The molecule has 3 N–H and O–H groups in total. The van der Waals surface area contributed by atoms with Crippen molar-refractivity contribution < 1.29 is 9.18 Å². The molecule has 0 aliphatic heterocycles. The van der Waals surface area contributed by atoms with E-state index in [1.165, 1.54) is 6.20 Å². The van der Waals surface area contributed by atoms with Crippen molar-refractivity contribution in [1.82, 2.24) is 9.97 Å². The Bertz CT molecular complexity index is 523. The standard InChI is InChI=1S/C8H4BrFN3O/c9-4-5(10)3-1-2-12-8(3)13-6(4)7(11)14/h2H,(H2,11,14)(H,12,13). The highest BCUT2D eigenvalue weighted by molar-refractivity contribution is 9.10. The molecule has 0 aliphatic rings. The van der Waals surface area contributed by atoms with Gasteiger partial charge in [-0.1, -0.05) is 0 Å². The summed E-state index contributed by atoms with van der Waals surface area (Å²) in [5.41, 5.74) is 5.14. The molecule has 14 heavy (non-hydrogen) atoms. The van der Waals surface area contributed by atoms with Gasteiger partial charge in [-0.3, -0.25) is 4.79 Å². The van der Waals surface area contributed by atoms with Crippen LogP contribution in [0.1, 0.15) is 10.5 Å². The fourth-order valence-electron chi connectivity index (χ4n) is 1.11. The maximum absolute atomic E-state index is 13.5. The van der Waals surface area contributed by atoms with Gasteiger partial charge in [0, 0.05) is 12.3 Å². The summed E-state index contributed by atoms with van der Waals surface area (Å²) in [7, 11) is 0. The van der Waals surface area contributed by atoms with Crippen LogP contribution in [0.2, 0.25) is 0 Å². The highest BCUT2D eigenvalue weighted by Gasteiger charge is 2.16. The topological polar surface area (TPSA) is 71.8 Å². The lowest BCUT2D eigenvalue weighted by Gasteiger charge is -2.01. The van der Waals surface area contributed by atoms with Gasteiger partial charge in [-0.05, 0) is 15.9 Å². The molecule has 0 saturated carbocycles. The van der Waals surface area contributed by atoms with Crippen LogP contribution >= 0.6 is 15.9 Å². The minimum absolute atomic E-state index is 0.0339. The Balaban J connectivity index is 2.87. The number of rotatable bonds is 1. The number of pyridine rings is 1. The molecule has 4 nitrogen and oxygen atoms in total. The Labute approximate surface area is 86.4 Å². The van der Waals surface area contributed by atoms with Crippen molar-refractivity contribution in [2.75, 3.05) is 0 Å². The normalized spacial score (nSPS) is 10.7. The molecule has 6 heteroatoms. The number of aromatic amines is 1. The van der Waals surface area contributed by atoms with E-state index in [1.807, 2.05) is 0 Å². The van der Waals surface area contributed by atoms with E-state index >= 15 is 0 Å². The second-order valence-electron chi connectivity index (χ2n) is 2.61. The van der Waals surface area contributed by atoms with Crippen molar-refractivity contribution in [2.24, 2.45) is 5.73 Å². The van der Waals surface area contributed by atoms with Gasteiger partial charge in [0.25, 0.3) is 5.91 Å². The molecule has 2 aromatic heterocycles. The molecule has 0 aromatic carbocycles. The van der Waals surface area contributed by atoms with E-state index < -0.39 is 11.7 Å². The lowest BCUT2D eigenvalue weighted by molar-refractivity contribution is 0.0994. The number of amides is 1. The predicted octanol–water partition coefficient (Wildman–Crippen LogP) is 1.36. The van der Waals surface area contributed by atoms with E-state index in [2.05, 4.69) is 32.0 Å². The molecule has 1 amide bonds. The van der Waals surface area contributed by atoms with Crippen molar-refractivity contribution in [3.63, 3.8) is 0 Å². The average molecular weight is 257 g/mol. The summed E-state index contributed by atoms with van der Waals surface area (Å²) in [6.07, 6.45) is 1.41. The zero-order valence-electron chi connectivity index (χ0n) is 6.77. The molecule has 71 valence electrons. The number of H-pyrrole nitrogens is 1. The molecule has 2 heterocycles. The molecule has 2 rings (SSSR count). The smallest absolute Gasteiger partial charge is 0.268 e. The van der Waals surface area contributed by atoms with Gasteiger partial charge in [-0.15, -0.1) is 0 Å². The molecule has 0 aliphatic carbocycles. The molecule has 0 saturated heterocycles. The van der Waals surface area contributed by atoms with Crippen LogP contribution < -0.4 is 5.73 Å². The van der Waals surface area contributed by atoms with E-state index in [0.29, 0.717) is 0 Å². The third-order valence-electron chi connectivity index (χ3n) is 1.74. The number of aromatic nitrogens is 2. The summed E-state index contributed by atoms with van der Waals surface area (Å²) >= 11 is 2.91. The van der Waals surface area contributed by atoms with Gasteiger partial charge in [-0.2, -0.15) is 0 Å². The van der Waals surface area contributed by atoms with Gasteiger partial charge in [-0.25, -0.2) is 9.37 Å². The van der Waals surface area contributed by atoms with Crippen LogP contribution in [0.15, 0.2) is 10.7 Å². The van der Waals surface area contributed by atoms with Crippen molar-refractivity contribution in [3.05, 3.63) is 28.2 Å². The first-order chi connectivity index (χ1) is 6.61. The summed E-state index contributed by atoms with van der Waals surface area (Å²) in [4.78, 5) is 17.4. The first-order valence-electron chi connectivity index (χ1n) is 3.65. The van der Waals surface area contributed by atoms with E-state index in [4.69, 9.17) is 5.73 Å². The van der Waals surface area contributed by atoms with E-state index in [-0.39, 0.29) is 21.2 Å². The predicted molar refractivity (Wildman–Crippen MR) is 51.1 cm³/mol. The van der Waals surface area contributed by atoms with Crippen molar-refractivity contribution >= 4 is 32.9 Å². The Morgan fingerprint density at radius 1 is 1.71 bits per heavy atom. The molecular weight excluding hydrogens is 253 g/mol. The van der Waals surface area contributed by atoms with Crippen molar-refractivity contribution in [2.45, 2.75) is 0 Å². The van der Waals surface area contributed by atoms with Crippen LogP contribution in [0.3, 0.4) is 0 Å². The summed E-state index contributed by atoms with van der Waals surface area (Å²) < 4.78 is 13.5. The number of carbonyl (C=O) groups excluding carboxylic acids is 1.